The zero-order valence-corrected chi connectivity index (χ0v) is 17.9. The number of carbonyl (C=O) groups is 1. The Balaban J connectivity index is 1.46. The van der Waals surface area contributed by atoms with Crippen LogP contribution < -0.4 is 0 Å². The lowest BCUT2D eigenvalue weighted by molar-refractivity contribution is 0.0672. The summed E-state index contributed by atoms with van der Waals surface area (Å²) in [6, 6.07) is 15.7. The molecular formula is C26H23N5O. The highest BCUT2D eigenvalue weighted by Gasteiger charge is 2.28. The summed E-state index contributed by atoms with van der Waals surface area (Å²) in [5.41, 5.74) is 4.11. The summed E-state index contributed by atoms with van der Waals surface area (Å²) in [5.74, 6) is 6.58. The molecule has 0 N–H and O–H groups in total. The third-order valence-electron chi connectivity index (χ3n) is 5.75. The lowest BCUT2D eigenvalue weighted by Crippen LogP contribution is -2.43. The zero-order chi connectivity index (χ0) is 21.9. The zero-order valence-electron chi connectivity index (χ0n) is 17.9. The minimum Gasteiger partial charge on any atom is -0.325 e. The normalized spacial score (nSPS) is 15.9. The molecule has 1 amide bonds. The van der Waals surface area contributed by atoms with Crippen LogP contribution in [0.3, 0.4) is 0 Å². The number of nitrogens with zero attached hydrogens (tertiary/aromatic N) is 5. The predicted molar refractivity (Wildman–Crippen MR) is 123 cm³/mol. The summed E-state index contributed by atoms with van der Waals surface area (Å²) < 4.78 is 0. The van der Waals surface area contributed by atoms with E-state index in [9.17, 15) is 4.79 Å². The third kappa shape index (κ3) is 3.97. The van der Waals surface area contributed by atoms with Gasteiger partial charge in [0.2, 0.25) is 0 Å². The van der Waals surface area contributed by atoms with Gasteiger partial charge in [0.1, 0.15) is 0 Å². The van der Waals surface area contributed by atoms with Gasteiger partial charge in [0.25, 0.3) is 5.91 Å². The molecule has 0 spiro atoms. The van der Waals surface area contributed by atoms with Gasteiger partial charge < -0.3 is 4.90 Å². The van der Waals surface area contributed by atoms with Gasteiger partial charge in [-0.1, -0.05) is 41.7 Å². The van der Waals surface area contributed by atoms with E-state index in [1.54, 1.807) is 18.6 Å². The smallest absolute Gasteiger partial charge is 0.257 e. The van der Waals surface area contributed by atoms with E-state index in [1.165, 1.54) is 4.80 Å². The maximum absolute atomic E-state index is 13.6. The Morgan fingerprint density at radius 1 is 1.06 bits per heavy atom. The molecule has 6 heteroatoms. The molecule has 1 atom stereocenters. The molecule has 32 heavy (non-hydrogen) atoms. The van der Waals surface area contributed by atoms with Gasteiger partial charge in [0.15, 0.2) is 0 Å². The summed E-state index contributed by atoms with van der Waals surface area (Å²) in [6.07, 6.45) is 7.91. The van der Waals surface area contributed by atoms with Gasteiger partial charge >= 0.3 is 0 Å². The number of hydrogen-bond donors (Lipinski definition) is 0. The number of rotatable bonds is 2. The Bertz CT molecular complexity index is 1330. The van der Waals surface area contributed by atoms with Gasteiger partial charge in [0, 0.05) is 23.7 Å². The molecule has 2 aromatic heterocycles. The Hall–Kier alpha value is -3.98. The van der Waals surface area contributed by atoms with Crippen LogP contribution in [0.5, 0.6) is 0 Å². The van der Waals surface area contributed by atoms with Crippen molar-refractivity contribution >= 4 is 16.8 Å². The first-order valence-corrected chi connectivity index (χ1v) is 10.8. The highest BCUT2D eigenvalue weighted by atomic mass is 16.2. The maximum atomic E-state index is 13.6. The number of likely N-dealkylation sites (tertiary alicyclic amines) is 1. The van der Waals surface area contributed by atoms with Crippen molar-refractivity contribution < 1.29 is 4.79 Å². The topological polar surface area (TPSA) is 63.9 Å². The molecule has 6 nitrogen and oxygen atoms in total. The number of para-hydroxylation sites is 1. The monoisotopic (exact) mass is 421 g/mol. The van der Waals surface area contributed by atoms with E-state index < -0.39 is 0 Å². The molecule has 5 rings (SSSR count). The Morgan fingerprint density at radius 2 is 1.91 bits per heavy atom. The number of hydrogen-bond acceptors (Lipinski definition) is 4. The molecule has 1 aliphatic heterocycles. The lowest BCUT2D eigenvalue weighted by Gasteiger charge is -2.33. The largest absolute Gasteiger partial charge is 0.325 e. The number of piperidine rings is 1. The second-order valence-electron chi connectivity index (χ2n) is 8.04. The molecule has 0 bridgehead atoms. The molecule has 2 aromatic carbocycles. The van der Waals surface area contributed by atoms with Crippen LogP contribution in [0.15, 0.2) is 67.1 Å². The number of amides is 1. The molecule has 1 aliphatic rings. The second kappa shape index (κ2) is 8.64. The van der Waals surface area contributed by atoms with Gasteiger partial charge in [-0.05, 0) is 50.5 Å². The quantitative estimate of drug-likeness (QED) is 0.456. The summed E-state index contributed by atoms with van der Waals surface area (Å²) >= 11 is 0. The third-order valence-corrected chi connectivity index (χ3v) is 5.75. The Morgan fingerprint density at radius 3 is 2.78 bits per heavy atom. The van der Waals surface area contributed by atoms with Crippen LogP contribution in [0.4, 0.5) is 0 Å². The highest BCUT2D eigenvalue weighted by molar-refractivity contribution is 5.98. The van der Waals surface area contributed by atoms with Crippen molar-refractivity contribution in [1.82, 2.24) is 24.9 Å². The molecule has 0 saturated carbocycles. The van der Waals surface area contributed by atoms with Crippen molar-refractivity contribution in [3.8, 4) is 17.5 Å². The van der Waals surface area contributed by atoms with Gasteiger partial charge in [-0.2, -0.15) is 15.0 Å². The second-order valence-corrected chi connectivity index (χ2v) is 8.04. The average Bonchev–Trinajstić information content (AvgIpc) is 3.37. The standard InChI is InChI=1S/C26H23N5O/c1-19-9-12-25(31-28-13-14-29-31)23(16-19)26(32)30-15-5-4-7-22(30)11-10-20-17-21-6-2-3-8-24(21)27-18-20/h2-3,6,8-9,12-14,16-18,22H,4-5,7,15H2,1H3. The van der Waals surface area contributed by atoms with E-state index in [-0.39, 0.29) is 11.9 Å². The van der Waals surface area contributed by atoms with Crippen LogP contribution in [0, 0.1) is 18.8 Å². The van der Waals surface area contributed by atoms with E-state index in [4.69, 9.17) is 0 Å². The molecular weight excluding hydrogens is 398 g/mol. The van der Waals surface area contributed by atoms with E-state index in [0.29, 0.717) is 17.8 Å². The number of benzene rings is 2. The van der Waals surface area contributed by atoms with Crippen molar-refractivity contribution in [2.75, 3.05) is 6.54 Å². The van der Waals surface area contributed by atoms with Crippen LogP contribution in [0.1, 0.15) is 40.7 Å². The van der Waals surface area contributed by atoms with Crippen molar-refractivity contribution in [3.63, 3.8) is 0 Å². The SMILES string of the molecule is Cc1ccc(-n2nccn2)c(C(=O)N2CCCCC2C#Cc2cnc3ccccc3c2)c1. The lowest BCUT2D eigenvalue weighted by atomic mass is 9.99. The van der Waals surface area contributed by atoms with E-state index in [0.717, 1.165) is 41.3 Å². The van der Waals surface area contributed by atoms with Crippen molar-refractivity contribution in [3.05, 3.63) is 83.8 Å². The fourth-order valence-corrected chi connectivity index (χ4v) is 4.12. The van der Waals surface area contributed by atoms with Crippen LogP contribution in [-0.4, -0.2) is 43.4 Å². The average molecular weight is 422 g/mol. The summed E-state index contributed by atoms with van der Waals surface area (Å²) in [7, 11) is 0. The first-order valence-electron chi connectivity index (χ1n) is 10.8. The van der Waals surface area contributed by atoms with E-state index in [1.807, 2.05) is 60.4 Å². The van der Waals surface area contributed by atoms with E-state index in [2.05, 4.69) is 27.0 Å². The predicted octanol–water partition coefficient (Wildman–Crippen LogP) is 4.17. The summed E-state index contributed by atoms with van der Waals surface area (Å²) in [5, 5.41) is 9.51. The minimum absolute atomic E-state index is 0.0309. The number of pyridine rings is 1. The van der Waals surface area contributed by atoms with Crippen LogP contribution >= 0.6 is 0 Å². The van der Waals surface area contributed by atoms with Gasteiger partial charge in [-0.3, -0.25) is 9.78 Å². The van der Waals surface area contributed by atoms with Crippen molar-refractivity contribution in [2.24, 2.45) is 0 Å². The van der Waals surface area contributed by atoms with Crippen LogP contribution in [-0.2, 0) is 0 Å². The van der Waals surface area contributed by atoms with Crippen LogP contribution in [0.2, 0.25) is 0 Å². The number of carbonyl (C=O) groups excluding carboxylic acids is 1. The van der Waals surface area contributed by atoms with Gasteiger partial charge in [0.05, 0.1) is 35.2 Å². The number of aryl methyl sites for hydroxylation is 1. The highest BCUT2D eigenvalue weighted by Crippen LogP contribution is 2.23. The molecule has 0 radical (unpaired) electrons. The van der Waals surface area contributed by atoms with E-state index >= 15 is 0 Å². The number of fused-ring (bicyclic) bond motifs is 1. The number of aromatic nitrogens is 4. The molecule has 1 saturated heterocycles. The fourth-order valence-electron chi connectivity index (χ4n) is 4.12. The molecule has 1 fully saturated rings. The molecule has 158 valence electrons. The van der Waals surface area contributed by atoms with Crippen molar-refractivity contribution in [2.45, 2.75) is 32.2 Å². The molecule has 3 heterocycles. The van der Waals surface area contributed by atoms with Crippen molar-refractivity contribution in [1.29, 1.82) is 0 Å². The molecule has 1 unspecified atom stereocenters. The summed E-state index contributed by atoms with van der Waals surface area (Å²) in [6.45, 7) is 2.67. The molecule has 0 aliphatic carbocycles. The molecule has 4 aromatic rings. The minimum atomic E-state index is -0.137. The Labute approximate surface area is 186 Å². The first kappa shape index (κ1) is 20.0. The first-order chi connectivity index (χ1) is 15.7. The van der Waals surface area contributed by atoms with Crippen LogP contribution in [0.25, 0.3) is 16.6 Å². The summed E-state index contributed by atoms with van der Waals surface area (Å²) in [4.78, 5) is 21.5. The van der Waals surface area contributed by atoms with Gasteiger partial charge in [-0.25, -0.2) is 0 Å². The fraction of sp³-hybridized carbons (Fsp3) is 0.231. The Kier molecular flexibility index (Phi) is 5.39. The maximum Gasteiger partial charge on any atom is 0.257 e. The van der Waals surface area contributed by atoms with Gasteiger partial charge in [-0.15, -0.1) is 0 Å².